The Kier molecular flexibility index (Phi) is 8.90. The lowest BCUT2D eigenvalue weighted by atomic mass is 9.89. The van der Waals surface area contributed by atoms with E-state index in [1.54, 1.807) is 0 Å². The zero-order valence-corrected chi connectivity index (χ0v) is 23.2. The van der Waals surface area contributed by atoms with Crippen LogP contribution in [0.3, 0.4) is 0 Å². The maximum absolute atomic E-state index is 12.7. The molecule has 0 bridgehead atoms. The van der Waals surface area contributed by atoms with E-state index in [1.807, 2.05) is 4.98 Å². The van der Waals surface area contributed by atoms with Gasteiger partial charge < -0.3 is 34.2 Å². The SMILES string of the molecule is Cc1cn([C@@H]2O[C@H](COP(=O)(O)O)[C@@H](O)C2C(OP(=O)(O)O)[C@@H]2CC[C@H](n3cc(C)c(=O)[nH]c3=O)O2)c(=O)[nH]c1=O. The van der Waals surface area contributed by atoms with Crippen LogP contribution in [0.15, 0.2) is 31.6 Å². The summed E-state index contributed by atoms with van der Waals surface area (Å²) in [7, 11) is -10.4. The third-order valence-electron chi connectivity index (χ3n) is 6.74. The zero-order chi connectivity index (χ0) is 30.4. The Labute approximate surface area is 228 Å². The molecule has 2 saturated heterocycles. The van der Waals surface area contributed by atoms with Crippen molar-refractivity contribution < 1.29 is 52.3 Å². The van der Waals surface area contributed by atoms with Gasteiger partial charge in [-0.05, 0) is 26.7 Å². The third kappa shape index (κ3) is 7.10. The van der Waals surface area contributed by atoms with Crippen LogP contribution in [0.2, 0.25) is 0 Å². The highest BCUT2D eigenvalue weighted by molar-refractivity contribution is 7.46. The lowest BCUT2D eigenvalue weighted by Crippen LogP contribution is -2.46. The normalized spacial score (nSPS) is 27.8. The maximum Gasteiger partial charge on any atom is 0.469 e. The van der Waals surface area contributed by atoms with Crippen LogP contribution in [0.5, 0.6) is 0 Å². The Bertz CT molecular complexity index is 1620. The number of aliphatic hydroxyl groups is 1. The molecule has 0 saturated carbocycles. The van der Waals surface area contributed by atoms with E-state index in [-0.39, 0.29) is 24.0 Å². The number of nitrogens with one attached hydrogen (secondary N) is 2. The van der Waals surface area contributed by atoms with Crippen molar-refractivity contribution in [1.82, 2.24) is 19.1 Å². The molecular weight excluding hydrogens is 598 g/mol. The number of aromatic amines is 2. The van der Waals surface area contributed by atoms with Crippen LogP contribution in [0.25, 0.3) is 0 Å². The molecule has 19 nitrogen and oxygen atoms in total. The summed E-state index contributed by atoms with van der Waals surface area (Å²) in [5.74, 6) is -1.56. The predicted octanol–water partition coefficient (Wildman–Crippen LogP) is -2.16. The van der Waals surface area contributed by atoms with Crippen LogP contribution in [0.4, 0.5) is 0 Å². The summed E-state index contributed by atoms with van der Waals surface area (Å²) < 4.78 is 46.3. The average molecular weight is 626 g/mol. The van der Waals surface area contributed by atoms with Crippen LogP contribution < -0.4 is 22.5 Å². The Morgan fingerprint density at radius 3 is 2.05 bits per heavy atom. The summed E-state index contributed by atoms with van der Waals surface area (Å²) in [5.41, 5.74) is -3.01. The van der Waals surface area contributed by atoms with E-state index in [0.29, 0.717) is 0 Å². The maximum atomic E-state index is 12.7. The first kappa shape index (κ1) is 31.4. The number of rotatable bonds is 9. The molecule has 2 aromatic rings. The fourth-order valence-corrected chi connectivity index (χ4v) is 5.83. The molecule has 2 aromatic heterocycles. The van der Waals surface area contributed by atoms with Crippen molar-refractivity contribution in [2.75, 3.05) is 6.61 Å². The Morgan fingerprint density at radius 1 is 0.927 bits per heavy atom. The van der Waals surface area contributed by atoms with Crippen molar-refractivity contribution in [3.8, 4) is 0 Å². The van der Waals surface area contributed by atoms with Crippen molar-refractivity contribution in [3.05, 3.63) is 65.2 Å². The van der Waals surface area contributed by atoms with Gasteiger partial charge in [-0.15, -0.1) is 0 Å². The Morgan fingerprint density at radius 2 is 1.49 bits per heavy atom. The lowest BCUT2D eigenvalue weighted by molar-refractivity contribution is -0.107. The number of nitrogens with zero attached hydrogens (tertiary/aromatic N) is 2. The van der Waals surface area contributed by atoms with E-state index in [9.17, 15) is 43.2 Å². The smallest absolute Gasteiger partial charge is 0.390 e. The van der Waals surface area contributed by atoms with Crippen LogP contribution >= 0.6 is 15.6 Å². The van der Waals surface area contributed by atoms with E-state index in [4.69, 9.17) is 23.8 Å². The topological polar surface area (TPSA) is 282 Å². The molecule has 7 atom stereocenters. The van der Waals surface area contributed by atoms with Crippen molar-refractivity contribution in [2.24, 2.45) is 5.92 Å². The quantitative estimate of drug-likeness (QED) is 0.146. The van der Waals surface area contributed by atoms with E-state index < -0.39 is 87.5 Å². The molecule has 2 aliphatic rings. The number of aryl methyl sites for hydroxylation is 2. The highest BCUT2D eigenvalue weighted by atomic mass is 31.2. The van der Waals surface area contributed by atoms with Crippen LogP contribution in [-0.4, -0.2) is 74.8 Å². The molecule has 0 spiro atoms. The fraction of sp³-hybridized carbons (Fsp3) is 0.600. The van der Waals surface area contributed by atoms with Gasteiger partial charge >= 0.3 is 27.0 Å². The minimum absolute atomic E-state index is 0.000907. The van der Waals surface area contributed by atoms with Gasteiger partial charge in [0.2, 0.25) is 0 Å². The molecule has 2 fully saturated rings. The Hall–Kier alpha value is -2.54. The molecule has 228 valence electrons. The highest BCUT2D eigenvalue weighted by Gasteiger charge is 2.54. The molecule has 2 unspecified atom stereocenters. The number of H-pyrrole nitrogens is 2. The van der Waals surface area contributed by atoms with Crippen molar-refractivity contribution in [2.45, 2.75) is 63.6 Å². The van der Waals surface area contributed by atoms with Gasteiger partial charge in [0.15, 0.2) is 0 Å². The predicted molar refractivity (Wildman–Crippen MR) is 134 cm³/mol. The second kappa shape index (κ2) is 11.6. The van der Waals surface area contributed by atoms with Gasteiger partial charge in [-0.2, -0.15) is 0 Å². The van der Waals surface area contributed by atoms with E-state index >= 15 is 0 Å². The molecule has 0 aromatic carbocycles. The second-order valence-corrected chi connectivity index (χ2v) is 12.1. The minimum Gasteiger partial charge on any atom is -0.390 e. The number of phosphoric ester groups is 2. The van der Waals surface area contributed by atoms with E-state index in [0.717, 1.165) is 15.3 Å². The molecular formula is C20H28N4O15P2. The van der Waals surface area contributed by atoms with Gasteiger partial charge in [-0.3, -0.25) is 37.7 Å². The first-order chi connectivity index (χ1) is 18.9. The van der Waals surface area contributed by atoms with Gasteiger partial charge in [0.05, 0.1) is 24.7 Å². The number of aliphatic hydroxyl groups excluding tert-OH is 1. The van der Waals surface area contributed by atoms with Crippen LogP contribution in [-0.2, 0) is 27.7 Å². The first-order valence-electron chi connectivity index (χ1n) is 12.0. The summed E-state index contributed by atoms with van der Waals surface area (Å²) in [6, 6.07) is 0. The Balaban J connectivity index is 1.76. The van der Waals surface area contributed by atoms with Crippen molar-refractivity contribution >= 4 is 15.6 Å². The molecule has 21 heteroatoms. The second-order valence-electron chi connectivity index (χ2n) is 9.64. The number of hydrogen-bond acceptors (Lipinski definition) is 11. The number of aromatic nitrogens is 4. The zero-order valence-electron chi connectivity index (χ0n) is 21.4. The summed E-state index contributed by atoms with van der Waals surface area (Å²) in [6.07, 6.45) is -6.63. The molecule has 2 aliphatic heterocycles. The molecule has 7 N–H and O–H groups in total. The van der Waals surface area contributed by atoms with Crippen molar-refractivity contribution in [3.63, 3.8) is 0 Å². The molecule has 4 heterocycles. The summed E-state index contributed by atoms with van der Waals surface area (Å²) in [5, 5.41) is 11.2. The fourth-order valence-electron chi connectivity index (χ4n) is 4.89. The van der Waals surface area contributed by atoms with E-state index in [2.05, 4.69) is 9.51 Å². The summed E-state index contributed by atoms with van der Waals surface area (Å²) >= 11 is 0. The van der Waals surface area contributed by atoms with Gasteiger partial charge in [0.1, 0.15) is 24.7 Å². The highest BCUT2D eigenvalue weighted by Crippen LogP contribution is 2.49. The molecule has 41 heavy (non-hydrogen) atoms. The standard InChI is InChI=1S/C20H28N4O15P2/c1-8-5-23(19(28)21-16(8)26)12-4-3-10(37-12)15(39-41(33,34)35)13-14(25)11(7-36-40(30,31)32)38-18(13)24-6-9(2)17(27)22-20(24)29/h5-6,10-15,18,25H,3-4,7H2,1-2H3,(H,21,26,28)(H,22,27,29)(H2,30,31,32)(H2,33,34,35)/t10-,11+,12+,13?,14+,15?,18+/m0/s1. The van der Waals surface area contributed by atoms with Gasteiger partial charge in [0, 0.05) is 23.5 Å². The number of hydrogen-bond donors (Lipinski definition) is 7. The molecule has 0 aliphatic carbocycles. The third-order valence-corrected chi connectivity index (χ3v) is 7.74. The van der Waals surface area contributed by atoms with E-state index in [1.165, 1.54) is 20.0 Å². The van der Waals surface area contributed by atoms with Gasteiger partial charge in [-0.1, -0.05) is 0 Å². The van der Waals surface area contributed by atoms with Crippen LogP contribution in [0.1, 0.15) is 36.4 Å². The lowest BCUT2D eigenvalue weighted by Gasteiger charge is -2.33. The summed E-state index contributed by atoms with van der Waals surface area (Å²) in [6.45, 7) is 1.89. The molecule has 4 rings (SSSR count). The van der Waals surface area contributed by atoms with Gasteiger partial charge in [0.25, 0.3) is 11.1 Å². The number of ether oxygens (including phenoxy) is 2. The van der Waals surface area contributed by atoms with Gasteiger partial charge in [-0.25, -0.2) is 18.7 Å². The van der Waals surface area contributed by atoms with Crippen LogP contribution in [0, 0.1) is 19.8 Å². The summed E-state index contributed by atoms with van der Waals surface area (Å²) in [4.78, 5) is 90.7. The monoisotopic (exact) mass is 626 g/mol. The minimum atomic E-state index is -5.34. The molecule has 0 radical (unpaired) electrons. The average Bonchev–Trinajstić information content (AvgIpc) is 3.45. The van der Waals surface area contributed by atoms with Crippen molar-refractivity contribution in [1.29, 1.82) is 0 Å². The largest absolute Gasteiger partial charge is 0.469 e. The first-order valence-corrected chi connectivity index (χ1v) is 15.1. The molecule has 0 amide bonds. The number of phosphoric acid groups is 2.